The largest absolute Gasteiger partial charge is 0.244 e. The fourth-order valence-electron chi connectivity index (χ4n) is 1.46. The standard InChI is InChI=1S/C11H10ClN/c1-7-3-4-9-10(5-7)8(2)6-13-11(9)12/h3-6H,1-2H3. The Kier molecular flexibility index (Phi) is 1.97. The van der Waals surface area contributed by atoms with E-state index >= 15 is 0 Å². The first kappa shape index (κ1) is 8.52. The van der Waals surface area contributed by atoms with Gasteiger partial charge in [-0.05, 0) is 24.8 Å². The normalized spacial score (nSPS) is 10.7. The van der Waals surface area contributed by atoms with Crippen molar-refractivity contribution < 1.29 is 0 Å². The van der Waals surface area contributed by atoms with Crippen LogP contribution < -0.4 is 0 Å². The van der Waals surface area contributed by atoms with Crippen molar-refractivity contribution in [2.24, 2.45) is 0 Å². The molecule has 1 heterocycles. The van der Waals surface area contributed by atoms with Crippen molar-refractivity contribution in [1.29, 1.82) is 0 Å². The van der Waals surface area contributed by atoms with Gasteiger partial charge in [-0.25, -0.2) is 4.98 Å². The van der Waals surface area contributed by atoms with Gasteiger partial charge in [0.2, 0.25) is 0 Å². The van der Waals surface area contributed by atoms with Crippen molar-refractivity contribution in [2.45, 2.75) is 13.8 Å². The minimum absolute atomic E-state index is 0.584. The molecule has 66 valence electrons. The summed E-state index contributed by atoms with van der Waals surface area (Å²) in [5.74, 6) is 0. The summed E-state index contributed by atoms with van der Waals surface area (Å²) in [6.07, 6.45) is 1.81. The Morgan fingerprint density at radius 1 is 1.15 bits per heavy atom. The van der Waals surface area contributed by atoms with Crippen molar-refractivity contribution in [3.05, 3.63) is 40.7 Å². The Balaban J connectivity index is 2.92. The average molecular weight is 192 g/mol. The van der Waals surface area contributed by atoms with Crippen LogP contribution in [0.3, 0.4) is 0 Å². The van der Waals surface area contributed by atoms with Gasteiger partial charge in [-0.3, -0.25) is 0 Å². The molecule has 0 atom stereocenters. The van der Waals surface area contributed by atoms with E-state index in [1.165, 1.54) is 16.5 Å². The minimum Gasteiger partial charge on any atom is -0.244 e. The zero-order valence-electron chi connectivity index (χ0n) is 7.63. The highest BCUT2D eigenvalue weighted by Crippen LogP contribution is 2.24. The van der Waals surface area contributed by atoms with Gasteiger partial charge in [0.25, 0.3) is 0 Å². The number of aromatic nitrogens is 1. The Morgan fingerprint density at radius 2 is 1.92 bits per heavy atom. The van der Waals surface area contributed by atoms with Gasteiger partial charge in [-0.2, -0.15) is 0 Å². The van der Waals surface area contributed by atoms with Crippen LogP contribution >= 0.6 is 11.6 Å². The molecule has 0 aliphatic carbocycles. The summed E-state index contributed by atoms with van der Waals surface area (Å²) in [6.45, 7) is 4.12. The van der Waals surface area contributed by atoms with Crippen molar-refractivity contribution in [2.75, 3.05) is 0 Å². The quantitative estimate of drug-likeness (QED) is 0.581. The van der Waals surface area contributed by atoms with Crippen LogP contribution in [0.1, 0.15) is 11.1 Å². The van der Waals surface area contributed by atoms with E-state index in [4.69, 9.17) is 11.6 Å². The molecule has 2 aromatic rings. The molecule has 1 aromatic heterocycles. The van der Waals surface area contributed by atoms with Crippen LogP contribution in [0.5, 0.6) is 0 Å². The number of halogens is 1. The maximum atomic E-state index is 5.97. The summed E-state index contributed by atoms with van der Waals surface area (Å²) in [7, 11) is 0. The van der Waals surface area contributed by atoms with E-state index in [1.54, 1.807) is 0 Å². The topological polar surface area (TPSA) is 12.9 Å². The minimum atomic E-state index is 0.584. The molecular formula is C11H10ClN. The van der Waals surface area contributed by atoms with Gasteiger partial charge >= 0.3 is 0 Å². The first-order valence-corrected chi connectivity index (χ1v) is 4.58. The highest BCUT2D eigenvalue weighted by molar-refractivity contribution is 6.34. The van der Waals surface area contributed by atoms with Gasteiger partial charge < -0.3 is 0 Å². The predicted octanol–water partition coefficient (Wildman–Crippen LogP) is 3.51. The van der Waals surface area contributed by atoms with Crippen LogP contribution in [-0.4, -0.2) is 4.98 Å². The van der Waals surface area contributed by atoms with E-state index in [0.29, 0.717) is 5.15 Å². The van der Waals surface area contributed by atoms with Crippen molar-refractivity contribution in [3.8, 4) is 0 Å². The molecule has 0 saturated heterocycles. The van der Waals surface area contributed by atoms with Gasteiger partial charge in [0, 0.05) is 11.6 Å². The SMILES string of the molecule is Cc1ccc2c(Cl)ncc(C)c2c1. The smallest absolute Gasteiger partial charge is 0.136 e. The molecule has 2 heteroatoms. The Labute approximate surface area is 82.4 Å². The molecule has 2 rings (SSSR count). The summed E-state index contributed by atoms with van der Waals surface area (Å²) >= 11 is 5.97. The van der Waals surface area contributed by atoms with Crippen LogP contribution in [0.15, 0.2) is 24.4 Å². The highest BCUT2D eigenvalue weighted by atomic mass is 35.5. The maximum absolute atomic E-state index is 5.97. The number of pyridine rings is 1. The number of benzene rings is 1. The highest BCUT2D eigenvalue weighted by Gasteiger charge is 2.02. The summed E-state index contributed by atoms with van der Waals surface area (Å²) in [6, 6.07) is 6.21. The second kappa shape index (κ2) is 3.00. The Morgan fingerprint density at radius 3 is 2.69 bits per heavy atom. The third-order valence-corrected chi connectivity index (χ3v) is 2.49. The fourth-order valence-corrected chi connectivity index (χ4v) is 1.67. The Bertz CT molecular complexity index is 463. The molecule has 0 unspecified atom stereocenters. The van der Waals surface area contributed by atoms with Crippen molar-refractivity contribution >= 4 is 22.4 Å². The van der Waals surface area contributed by atoms with Crippen LogP contribution in [0.2, 0.25) is 5.15 Å². The molecule has 13 heavy (non-hydrogen) atoms. The predicted molar refractivity (Wildman–Crippen MR) is 56.2 cm³/mol. The lowest BCUT2D eigenvalue weighted by Gasteiger charge is -2.03. The van der Waals surface area contributed by atoms with E-state index in [1.807, 2.05) is 19.2 Å². The number of rotatable bonds is 0. The zero-order chi connectivity index (χ0) is 9.42. The number of hydrogen-bond acceptors (Lipinski definition) is 1. The molecular weight excluding hydrogens is 182 g/mol. The average Bonchev–Trinajstić information content (AvgIpc) is 2.12. The second-order valence-electron chi connectivity index (χ2n) is 3.28. The molecule has 0 N–H and O–H groups in total. The summed E-state index contributed by atoms with van der Waals surface area (Å²) in [5.41, 5.74) is 2.42. The van der Waals surface area contributed by atoms with Gasteiger partial charge in [0.1, 0.15) is 5.15 Å². The van der Waals surface area contributed by atoms with E-state index in [-0.39, 0.29) is 0 Å². The molecule has 1 nitrogen and oxygen atoms in total. The monoisotopic (exact) mass is 191 g/mol. The van der Waals surface area contributed by atoms with Gasteiger partial charge in [-0.15, -0.1) is 0 Å². The lowest BCUT2D eigenvalue weighted by Crippen LogP contribution is -1.84. The lowest BCUT2D eigenvalue weighted by atomic mass is 10.1. The van der Waals surface area contributed by atoms with E-state index in [0.717, 1.165) is 5.39 Å². The molecule has 0 aliphatic heterocycles. The van der Waals surface area contributed by atoms with Crippen LogP contribution in [0.4, 0.5) is 0 Å². The molecule has 0 bridgehead atoms. The number of aryl methyl sites for hydroxylation is 2. The van der Waals surface area contributed by atoms with E-state index in [2.05, 4.69) is 24.0 Å². The molecule has 1 aromatic carbocycles. The summed E-state index contributed by atoms with van der Waals surface area (Å²) in [4.78, 5) is 4.10. The Hall–Kier alpha value is -1.08. The molecule has 0 aliphatic rings. The third kappa shape index (κ3) is 1.40. The molecule has 0 radical (unpaired) electrons. The first-order valence-electron chi connectivity index (χ1n) is 4.20. The number of fused-ring (bicyclic) bond motifs is 1. The maximum Gasteiger partial charge on any atom is 0.136 e. The van der Waals surface area contributed by atoms with E-state index < -0.39 is 0 Å². The molecule has 0 amide bonds. The van der Waals surface area contributed by atoms with Crippen molar-refractivity contribution in [3.63, 3.8) is 0 Å². The number of hydrogen-bond donors (Lipinski definition) is 0. The zero-order valence-corrected chi connectivity index (χ0v) is 8.39. The fraction of sp³-hybridized carbons (Fsp3) is 0.182. The van der Waals surface area contributed by atoms with Gasteiger partial charge in [0.05, 0.1) is 0 Å². The van der Waals surface area contributed by atoms with Gasteiger partial charge in [-0.1, -0.05) is 35.4 Å². The van der Waals surface area contributed by atoms with Crippen molar-refractivity contribution in [1.82, 2.24) is 4.98 Å². The van der Waals surface area contributed by atoms with E-state index in [9.17, 15) is 0 Å². The lowest BCUT2D eigenvalue weighted by molar-refractivity contribution is 1.30. The molecule has 0 saturated carbocycles. The first-order chi connectivity index (χ1) is 6.18. The number of nitrogens with zero attached hydrogens (tertiary/aromatic N) is 1. The summed E-state index contributed by atoms with van der Waals surface area (Å²) in [5, 5.41) is 2.81. The second-order valence-corrected chi connectivity index (χ2v) is 3.64. The van der Waals surface area contributed by atoms with Crippen LogP contribution in [0, 0.1) is 13.8 Å². The molecule has 0 fully saturated rings. The van der Waals surface area contributed by atoms with Crippen LogP contribution in [-0.2, 0) is 0 Å². The molecule has 0 spiro atoms. The third-order valence-electron chi connectivity index (χ3n) is 2.19. The van der Waals surface area contributed by atoms with Gasteiger partial charge in [0.15, 0.2) is 0 Å². The summed E-state index contributed by atoms with van der Waals surface area (Å²) < 4.78 is 0. The van der Waals surface area contributed by atoms with Crippen LogP contribution in [0.25, 0.3) is 10.8 Å².